The fraction of sp³-hybridized carbons (Fsp3) is 0. The van der Waals surface area contributed by atoms with E-state index in [0.717, 1.165) is 18.2 Å². The van der Waals surface area contributed by atoms with Gasteiger partial charge in [-0.2, -0.15) is 0 Å². The van der Waals surface area contributed by atoms with Crippen molar-refractivity contribution in [3.8, 4) is 0 Å². The molecule has 0 atom stereocenters. The van der Waals surface area contributed by atoms with E-state index >= 15 is 0 Å². The molecule has 0 saturated heterocycles. The van der Waals surface area contributed by atoms with Crippen molar-refractivity contribution in [1.82, 2.24) is 0 Å². The molecule has 0 bridgehead atoms. The predicted octanol–water partition coefficient (Wildman–Crippen LogP) is 2.73. The first-order valence-corrected chi connectivity index (χ1v) is 3.93. The smallest absolute Gasteiger partial charge is 0.178 e. The molecule has 0 aromatic heterocycles. The monoisotopic (exact) mass is 194 g/mol. The minimum atomic E-state index is -0.932. The molecule has 0 fully saturated rings. The van der Waals surface area contributed by atoms with Crippen molar-refractivity contribution in [2.24, 2.45) is 0 Å². The molecule has 0 aliphatic carbocycles. The number of hydrogen-bond acceptors (Lipinski definition) is 1. The van der Waals surface area contributed by atoms with E-state index in [2.05, 4.69) is 6.58 Å². The second kappa shape index (κ2) is 4.46. The number of carbonyl (C=O) groups excluding carboxylic acids is 1. The van der Waals surface area contributed by atoms with E-state index in [1.807, 2.05) is 0 Å². The second-order valence-corrected chi connectivity index (χ2v) is 2.61. The van der Waals surface area contributed by atoms with Gasteiger partial charge in [0, 0.05) is 0 Å². The van der Waals surface area contributed by atoms with Crippen molar-refractivity contribution >= 4 is 11.9 Å². The molecular formula is C11H8F2O. The minimum absolute atomic E-state index is 0.283. The Balaban J connectivity index is 2.88. The van der Waals surface area contributed by atoms with Crippen LogP contribution in [-0.2, 0) is 4.79 Å². The quantitative estimate of drug-likeness (QED) is 0.676. The number of hydrogen-bond donors (Lipinski definition) is 0. The van der Waals surface area contributed by atoms with Crippen LogP contribution >= 0.6 is 0 Å². The van der Waals surface area contributed by atoms with Crippen LogP contribution in [0.15, 0.2) is 36.9 Å². The summed E-state index contributed by atoms with van der Waals surface area (Å²) in [5.41, 5.74) is 0.430. The summed E-state index contributed by atoms with van der Waals surface area (Å²) in [4.78, 5) is 10.8. The van der Waals surface area contributed by atoms with E-state index in [-0.39, 0.29) is 5.78 Å². The molecule has 14 heavy (non-hydrogen) atoms. The van der Waals surface area contributed by atoms with E-state index in [1.54, 1.807) is 0 Å². The number of ketones is 1. The predicted molar refractivity (Wildman–Crippen MR) is 50.6 cm³/mol. The number of allylic oxidation sites excluding steroid dienone is 2. The molecular weight excluding hydrogens is 186 g/mol. The van der Waals surface area contributed by atoms with Crippen LogP contribution in [0.1, 0.15) is 5.56 Å². The lowest BCUT2D eigenvalue weighted by Crippen LogP contribution is -1.86. The molecule has 1 rings (SSSR count). The fourth-order valence-corrected chi connectivity index (χ4v) is 0.862. The lowest BCUT2D eigenvalue weighted by atomic mass is 10.2. The molecule has 0 saturated carbocycles. The first-order valence-electron chi connectivity index (χ1n) is 3.93. The number of benzene rings is 1. The van der Waals surface area contributed by atoms with Gasteiger partial charge in [-0.1, -0.05) is 18.7 Å². The highest BCUT2D eigenvalue weighted by Crippen LogP contribution is 2.09. The second-order valence-electron chi connectivity index (χ2n) is 2.61. The molecule has 72 valence electrons. The standard InChI is InChI=1S/C11H8F2O/c1-2-9(14)5-3-8-4-6-10(12)11(13)7-8/h2-7H,1H2/b5-3+. The molecule has 1 aromatic carbocycles. The van der Waals surface area contributed by atoms with Crippen LogP contribution in [0.4, 0.5) is 8.78 Å². The van der Waals surface area contributed by atoms with Crippen LogP contribution in [0, 0.1) is 11.6 Å². The number of carbonyl (C=O) groups is 1. The maximum absolute atomic E-state index is 12.7. The largest absolute Gasteiger partial charge is 0.290 e. The van der Waals surface area contributed by atoms with Gasteiger partial charge in [0.2, 0.25) is 0 Å². The van der Waals surface area contributed by atoms with Gasteiger partial charge in [-0.05, 0) is 29.8 Å². The van der Waals surface area contributed by atoms with Crippen LogP contribution in [0.3, 0.4) is 0 Å². The van der Waals surface area contributed by atoms with Crippen molar-refractivity contribution in [2.45, 2.75) is 0 Å². The van der Waals surface area contributed by atoms with Crippen molar-refractivity contribution in [3.05, 3.63) is 54.1 Å². The number of halogens is 2. The molecule has 3 heteroatoms. The first kappa shape index (κ1) is 10.3. The maximum atomic E-state index is 12.7. The molecule has 0 heterocycles. The van der Waals surface area contributed by atoms with Gasteiger partial charge in [0.15, 0.2) is 17.4 Å². The van der Waals surface area contributed by atoms with Crippen LogP contribution in [0.5, 0.6) is 0 Å². The SMILES string of the molecule is C=CC(=O)/C=C/c1ccc(F)c(F)c1. The van der Waals surface area contributed by atoms with Crippen molar-refractivity contribution < 1.29 is 13.6 Å². The van der Waals surface area contributed by atoms with Crippen LogP contribution in [0.2, 0.25) is 0 Å². The summed E-state index contributed by atoms with van der Waals surface area (Å²) in [5, 5.41) is 0. The van der Waals surface area contributed by atoms with Gasteiger partial charge >= 0.3 is 0 Å². The Bertz CT molecular complexity index is 394. The summed E-state index contributed by atoms with van der Waals surface area (Å²) in [5.74, 6) is -2.12. The van der Waals surface area contributed by atoms with E-state index in [0.29, 0.717) is 5.56 Å². The zero-order valence-corrected chi connectivity index (χ0v) is 7.34. The Morgan fingerprint density at radius 2 is 2.00 bits per heavy atom. The molecule has 0 amide bonds. The fourth-order valence-electron chi connectivity index (χ4n) is 0.862. The summed E-state index contributed by atoms with van der Waals surface area (Å²) in [7, 11) is 0. The van der Waals surface area contributed by atoms with E-state index in [9.17, 15) is 13.6 Å². The minimum Gasteiger partial charge on any atom is -0.290 e. The normalized spacial score (nSPS) is 10.4. The summed E-state index contributed by atoms with van der Waals surface area (Å²) >= 11 is 0. The summed E-state index contributed by atoms with van der Waals surface area (Å²) in [6, 6.07) is 3.40. The van der Waals surface area contributed by atoms with Gasteiger partial charge in [0.05, 0.1) is 0 Å². The number of rotatable bonds is 3. The molecule has 0 aliphatic rings. The summed E-state index contributed by atoms with van der Waals surface area (Å²) in [6.45, 7) is 3.27. The highest BCUT2D eigenvalue weighted by Gasteiger charge is 1.99. The first-order chi connectivity index (χ1) is 6.63. The molecule has 0 N–H and O–H groups in total. The van der Waals surface area contributed by atoms with Gasteiger partial charge in [0.1, 0.15) is 0 Å². The molecule has 0 radical (unpaired) electrons. The van der Waals surface area contributed by atoms with Gasteiger partial charge in [-0.25, -0.2) is 8.78 Å². The molecule has 0 unspecified atom stereocenters. The van der Waals surface area contributed by atoms with Gasteiger partial charge in [0.25, 0.3) is 0 Å². The third-order valence-electron chi connectivity index (χ3n) is 1.58. The Morgan fingerprint density at radius 3 is 2.57 bits per heavy atom. The Kier molecular flexibility index (Phi) is 3.29. The molecule has 1 aromatic rings. The molecule has 0 aliphatic heterocycles. The van der Waals surface area contributed by atoms with Crippen LogP contribution in [-0.4, -0.2) is 5.78 Å². The highest BCUT2D eigenvalue weighted by atomic mass is 19.2. The zero-order chi connectivity index (χ0) is 10.6. The summed E-state index contributed by atoms with van der Waals surface area (Å²) in [6.07, 6.45) is 3.77. The van der Waals surface area contributed by atoms with Gasteiger partial charge in [-0.3, -0.25) is 4.79 Å². The Hall–Kier alpha value is -1.77. The van der Waals surface area contributed by atoms with Crippen molar-refractivity contribution in [3.63, 3.8) is 0 Å². The Labute approximate surface area is 80.4 Å². The third-order valence-corrected chi connectivity index (χ3v) is 1.58. The van der Waals surface area contributed by atoms with E-state index in [4.69, 9.17) is 0 Å². The molecule has 0 spiro atoms. The Morgan fingerprint density at radius 1 is 1.29 bits per heavy atom. The molecule has 1 nitrogen and oxygen atoms in total. The summed E-state index contributed by atoms with van der Waals surface area (Å²) < 4.78 is 25.2. The highest BCUT2D eigenvalue weighted by molar-refractivity contribution is 6.01. The van der Waals surface area contributed by atoms with Crippen LogP contribution < -0.4 is 0 Å². The van der Waals surface area contributed by atoms with Crippen LogP contribution in [0.25, 0.3) is 6.08 Å². The lowest BCUT2D eigenvalue weighted by Gasteiger charge is -1.94. The maximum Gasteiger partial charge on any atom is 0.178 e. The van der Waals surface area contributed by atoms with E-state index < -0.39 is 11.6 Å². The topological polar surface area (TPSA) is 17.1 Å². The lowest BCUT2D eigenvalue weighted by molar-refractivity contribution is -0.110. The van der Waals surface area contributed by atoms with Crippen molar-refractivity contribution in [1.29, 1.82) is 0 Å². The third kappa shape index (κ3) is 2.62. The van der Waals surface area contributed by atoms with Gasteiger partial charge in [-0.15, -0.1) is 0 Å². The average molecular weight is 194 g/mol. The average Bonchev–Trinajstić information content (AvgIpc) is 2.19. The van der Waals surface area contributed by atoms with Gasteiger partial charge < -0.3 is 0 Å². The van der Waals surface area contributed by atoms with E-state index in [1.165, 1.54) is 18.2 Å². The zero-order valence-electron chi connectivity index (χ0n) is 7.34. The van der Waals surface area contributed by atoms with Crippen molar-refractivity contribution in [2.75, 3.05) is 0 Å².